The lowest BCUT2D eigenvalue weighted by atomic mass is 10.2. The van der Waals surface area contributed by atoms with E-state index in [0.717, 1.165) is 18.4 Å². The van der Waals surface area contributed by atoms with Crippen molar-refractivity contribution in [2.45, 2.75) is 31.6 Å². The molecule has 0 bridgehead atoms. The Hall–Kier alpha value is -1.27. The third-order valence-corrected chi connectivity index (χ3v) is 3.19. The summed E-state index contributed by atoms with van der Waals surface area (Å²) in [6.45, 7) is -0.215. The van der Waals surface area contributed by atoms with Gasteiger partial charge in [0.25, 0.3) is 0 Å². The van der Waals surface area contributed by atoms with E-state index in [-0.39, 0.29) is 12.4 Å². The standard InChI is InChI=1S/C14H18F3NO2/c15-14(16,17)10-20-13-4-2-1-3-11(13)9-18(7-8-19)12-5-6-12/h1-4,12,19H,5-10H2. The molecule has 0 heterocycles. The van der Waals surface area contributed by atoms with Gasteiger partial charge in [-0.2, -0.15) is 13.2 Å². The number of benzene rings is 1. The first kappa shape index (κ1) is 15.1. The van der Waals surface area contributed by atoms with Crippen LogP contribution in [0, 0.1) is 0 Å². The summed E-state index contributed by atoms with van der Waals surface area (Å²) >= 11 is 0. The zero-order valence-corrected chi connectivity index (χ0v) is 11.1. The van der Waals surface area contributed by atoms with Gasteiger partial charge < -0.3 is 9.84 Å². The van der Waals surface area contributed by atoms with E-state index in [4.69, 9.17) is 9.84 Å². The summed E-state index contributed by atoms with van der Waals surface area (Å²) in [4.78, 5) is 2.08. The molecule has 0 unspecified atom stereocenters. The van der Waals surface area contributed by atoms with Crippen LogP contribution in [0.2, 0.25) is 0 Å². The molecule has 20 heavy (non-hydrogen) atoms. The van der Waals surface area contributed by atoms with Crippen LogP contribution in [0.4, 0.5) is 13.2 Å². The molecule has 1 N–H and O–H groups in total. The van der Waals surface area contributed by atoms with Crippen LogP contribution in [0.15, 0.2) is 24.3 Å². The van der Waals surface area contributed by atoms with Crippen molar-refractivity contribution in [1.29, 1.82) is 0 Å². The maximum absolute atomic E-state index is 12.2. The van der Waals surface area contributed by atoms with Crippen molar-refractivity contribution >= 4 is 0 Å². The van der Waals surface area contributed by atoms with E-state index in [1.165, 1.54) is 0 Å². The summed E-state index contributed by atoms with van der Waals surface area (Å²) in [5.74, 6) is 0.258. The largest absolute Gasteiger partial charge is 0.484 e. The third kappa shape index (κ3) is 4.68. The Bertz CT molecular complexity index is 433. The van der Waals surface area contributed by atoms with Crippen LogP contribution in [0.3, 0.4) is 0 Å². The molecule has 0 amide bonds. The van der Waals surface area contributed by atoms with Crippen LogP contribution in [0.1, 0.15) is 18.4 Å². The van der Waals surface area contributed by atoms with Crippen LogP contribution in [-0.4, -0.2) is 42.0 Å². The number of aliphatic hydroxyl groups is 1. The molecule has 0 atom stereocenters. The first-order chi connectivity index (χ1) is 9.49. The monoisotopic (exact) mass is 289 g/mol. The number of rotatable bonds is 7. The molecule has 1 fully saturated rings. The van der Waals surface area contributed by atoms with Crippen molar-refractivity contribution < 1.29 is 23.0 Å². The van der Waals surface area contributed by atoms with Crippen molar-refractivity contribution in [2.75, 3.05) is 19.8 Å². The fraction of sp³-hybridized carbons (Fsp3) is 0.571. The molecule has 2 rings (SSSR count). The average molecular weight is 289 g/mol. The Morgan fingerprint density at radius 3 is 2.55 bits per heavy atom. The van der Waals surface area contributed by atoms with Gasteiger partial charge in [-0.05, 0) is 18.9 Å². The molecule has 1 saturated carbocycles. The molecule has 1 aromatic rings. The topological polar surface area (TPSA) is 32.7 Å². The number of ether oxygens (including phenoxy) is 1. The van der Waals surface area contributed by atoms with Crippen molar-refractivity contribution in [3.8, 4) is 5.75 Å². The van der Waals surface area contributed by atoms with Crippen molar-refractivity contribution in [2.24, 2.45) is 0 Å². The average Bonchev–Trinajstić information content (AvgIpc) is 3.20. The quantitative estimate of drug-likeness (QED) is 0.837. The second kappa shape index (κ2) is 6.45. The lowest BCUT2D eigenvalue weighted by Crippen LogP contribution is -2.29. The first-order valence-corrected chi connectivity index (χ1v) is 6.62. The summed E-state index contributed by atoms with van der Waals surface area (Å²) in [6.07, 6.45) is -2.19. The van der Waals surface area contributed by atoms with E-state index in [9.17, 15) is 13.2 Å². The minimum Gasteiger partial charge on any atom is -0.484 e. The van der Waals surface area contributed by atoms with Crippen LogP contribution in [-0.2, 0) is 6.54 Å². The molecular weight excluding hydrogens is 271 g/mol. The fourth-order valence-electron chi connectivity index (χ4n) is 2.11. The number of hydrogen-bond donors (Lipinski definition) is 1. The Morgan fingerprint density at radius 1 is 1.25 bits per heavy atom. The SMILES string of the molecule is OCCN(Cc1ccccc1OCC(F)(F)F)C1CC1. The zero-order chi connectivity index (χ0) is 14.6. The number of nitrogens with zero attached hydrogens (tertiary/aromatic N) is 1. The maximum Gasteiger partial charge on any atom is 0.422 e. The Kier molecular flexibility index (Phi) is 4.88. The lowest BCUT2D eigenvalue weighted by molar-refractivity contribution is -0.153. The highest BCUT2D eigenvalue weighted by molar-refractivity contribution is 5.33. The van der Waals surface area contributed by atoms with Gasteiger partial charge in [0.1, 0.15) is 5.75 Å². The van der Waals surface area contributed by atoms with E-state index in [1.807, 2.05) is 0 Å². The minimum atomic E-state index is -4.34. The molecule has 1 aromatic carbocycles. The predicted molar refractivity (Wildman–Crippen MR) is 68.5 cm³/mol. The Balaban J connectivity index is 2.02. The van der Waals surface area contributed by atoms with E-state index >= 15 is 0 Å². The zero-order valence-electron chi connectivity index (χ0n) is 11.1. The molecule has 6 heteroatoms. The van der Waals surface area contributed by atoms with E-state index in [1.54, 1.807) is 24.3 Å². The molecule has 0 saturated heterocycles. The van der Waals surface area contributed by atoms with Gasteiger partial charge in [0.2, 0.25) is 0 Å². The highest BCUT2D eigenvalue weighted by Gasteiger charge is 2.30. The van der Waals surface area contributed by atoms with Gasteiger partial charge in [0, 0.05) is 24.7 Å². The molecule has 0 radical (unpaired) electrons. The number of hydrogen-bond acceptors (Lipinski definition) is 3. The third-order valence-electron chi connectivity index (χ3n) is 3.19. The van der Waals surface area contributed by atoms with Gasteiger partial charge in [-0.3, -0.25) is 4.90 Å². The van der Waals surface area contributed by atoms with Crippen molar-refractivity contribution in [3.63, 3.8) is 0 Å². The molecule has 1 aliphatic rings. The number of halogens is 3. The van der Waals surface area contributed by atoms with Crippen LogP contribution in [0.25, 0.3) is 0 Å². The smallest absolute Gasteiger partial charge is 0.422 e. The van der Waals surface area contributed by atoms with Gasteiger partial charge in [0.05, 0.1) is 6.61 Å². The number of alkyl halides is 3. The molecule has 0 spiro atoms. The summed E-state index contributed by atoms with van der Waals surface area (Å²) in [5, 5.41) is 9.05. The Labute approximate surface area is 116 Å². The molecule has 1 aliphatic carbocycles. The summed E-state index contributed by atoms with van der Waals surface area (Å²) < 4.78 is 41.5. The lowest BCUT2D eigenvalue weighted by Gasteiger charge is -2.22. The Morgan fingerprint density at radius 2 is 1.95 bits per heavy atom. The van der Waals surface area contributed by atoms with Crippen molar-refractivity contribution in [3.05, 3.63) is 29.8 Å². The van der Waals surface area contributed by atoms with E-state index in [0.29, 0.717) is 19.1 Å². The molecule has 0 aliphatic heterocycles. The molecular formula is C14H18F3NO2. The van der Waals surface area contributed by atoms with Crippen LogP contribution < -0.4 is 4.74 Å². The minimum absolute atomic E-state index is 0.0437. The summed E-state index contributed by atoms with van der Waals surface area (Å²) in [5.41, 5.74) is 0.720. The second-order valence-electron chi connectivity index (χ2n) is 4.94. The number of para-hydroxylation sites is 1. The van der Waals surface area contributed by atoms with Gasteiger partial charge in [-0.1, -0.05) is 18.2 Å². The van der Waals surface area contributed by atoms with E-state index < -0.39 is 12.8 Å². The van der Waals surface area contributed by atoms with Crippen LogP contribution >= 0.6 is 0 Å². The number of aliphatic hydroxyl groups excluding tert-OH is 1. The predicted octanol–water partition coefficient (Wildman–Crippen LogP) is 2.58. The molecule has 112 valence electrons. The second-order valence-corrected chi connectivity index (χ2v) is 4.94. The first-order valence-electron chi connectivity index (χ1n) is 6.62. The van der Waals surface area contributed by atoms with Crippen LogP contribution in [0.5, 0.6) is 5.75 Å². The van der Waals surface area contributed by atoms with Gasteiger partial charge in [-0.25, -0.2) is 0 Å². The highest BCUT2D eigenvalue weighted by Crippen LogP contribution is 2.30. The fourth-order valence-corrected chi connectivity index (χ4v) is 2.11. The summed E-state index contributed by atoms with van der Waals surface area (Å²) in [6, 6.07) is 7.17. The van der Waals surface area contributed by atoms with Gasteiger partial charge in [0.15, 0.2) is 6.61 Å². The van der Waals surface area contributed by atoms with Gasteiger partial charge in [-0.15, -0.1) is 0 Å². The molecule has 0 aromatic heterocycles. The molecule has 3 nitrogen and oxygen atoms in total. The normalized spacial score (nSPS) is 15.7. The maximum atomic E-state index is 12.2. The highest BCUT2D eigenvalue weighted by atomic mass is 19.4. The summed E-state index contributed by atoms with van der Waals surface area (Å²) in [7, 11) is 0. The van der Waals surface area contributed by atoms with Crippen molar-refractivity contribution in [1.82, 2.24) is 4.90 Å². The van der Waals surface area contributed by atoms with Gasteiger partial charge >= 0.3 is 6.18 Å². The van der Waals surface area contributed by atoms with E-state index in [2.05, 4.69) is 4.90 Å².